The molecule has 0 unspecified atom stereocenters. The van der Waals surface area contributed by atoms with E-state index in [2.05, 4.69) is 0 Å². The molecule has 5 nitrogen and oxygen atoms in total. The predicted molar refractivity (Wildman–Crippen MR) is 132 cm³/mol. The number of amides is 2. The van der Waals surface area contributed by atoms with Crippen LogP contribution in [0.3, 0.4) is 0 Å². The topological polar surface area (TPSA) is 49.9 Å². The molecule has 8 heteroatoms. The average Bonchev–Trinajstić information content (AvgIpc) is 3.32. The second-order valence-corrected chi connectivity index (χ2v) is 9.51. The van der Waals surface area contributed by atoms with Gasteiger partial charge in [-0.1, -0.05) is 42.8 Å². The number of halogens is 2. The number of hydrogen-bond acceptors (Lipinski definition) is 4. The van der Waals surface area contributed by atoms with Crippen LogP contribution in [0.4, 0.5) is 4.39 Å². The number of thiophene rings is 1. The van der Waals surface area contributed by atoms with Crippen LogP contribution in [0.15, 0.2) is 60.0 Å². The molecule has 3 aromatic rings. The van der Waals surface area contributed by atoms with Gasteiger partial charge in [-0.25, -0.2) is 4.39 Å². The van der Waals surface area contributed by atoms with E-state index in [0.717, 1.165) is 12.0 Å². The molecule has 0 saturated carbocycles. The van der Waals surface area contributed by atoms with E-state index in [4.69, 9.17) is 16.3 Å². The lowest BCUT2D eigenvalue weighted by atomic mass is 10.0. The van der Waals surface area contributed by atoms with Crippen molar-refractivity contribution in [2.75, 3.05) is 26.2 Å². The Morgan fingerprint density at radius 3 is 2.71 bits per heavy atom. The Bertz CT molecular complexity index is 1170. The van der Waals surface area contributed by atoms with Crippen molar-refractivity contribution in [3.05, 3.63) is 86.8 Å². The van der Waals surface area contributed by atoms with E-state index < -0.39 is 5.82 Å². The Morgan fingerprint density at radius 2 is 1.94 bits per heavy atom. The van der Waals surface area contributed by atoms with Crippen LogP contribution in [0.25, 0.3) is 0 Å². The molecule has 34 heavy (non-hydrogen) atoms. The standard InChI is InChI=1S/C26H26ClFN2O3S/c1-2-13-29(26(32)18-7-3-4-8-20(18)27)16-25(31)30-14-11-24-19(12-15-34-24)22(30)17-33-23-10-6-5-9-21(23)28/h3-10,12,15,22H,2,11,13-14,16-17H2,1H3/t22-/m1/s1. The molecule has 0 saturated heterocycles. The first-order valence-corrected chi connectivity index (χ1v) is 12.5. The Morgan fingerprint density at radius 1 is 1.18 bits per heavy atom. The number of hydrogen-bond donors (Lipinski definition) is 0. The Balaban J connectivity index is 1.54. The van der Waals surface area contributed by atoms with Crippen LogP contribution in [0.2, 0.25) is 5.02 Å². The first-order chi connectivity index (χ1) is 16.5. The third-order valence-electron chi connectivity index (χ3n) is 5.86. The van der Waals surface area contributed by atoms with Gasteiger partial charge in [0.05, 0.1) is 16.6 Å². The fourth-order valence-electron chi connectivity index (χ4n) is 4.19. The molecule has 0 N–H and O–H groups in total. The van der Waals surface area contributed by atoms with Crippen molar-refractivity contribution in [2.24, 2.45) is 0 Å². The maximum absolute atomic E-state index is 14.1. The largest absolute Gasteiger partial charge is 0.488 e. The number of rotatable bonds is 8. The molecule has 0 fully saturated rings. The van der Waals surface area contributed by atoms with Gasteiger partial charge >= 0.3 is 0 Å². The van der Waals surface area contributed by atoms with E-state index in [-0.39, 0.29) is 36.8 Å². The fraction of sp³-hybridized carbons (Fsp3) is 0.308. The van der Waals surface area contributed by atoms with Crippen LogP contribution in [-0.4, -0.2) is 47.9 Å². The quantitative estimate of drug-likeness (QED) is 0.404. The number of carbonyl (C=O) groups is 2. The maximum atomic E-state index is 14.1. The molecule has 1 aliphatic heterocycles. The minimum Gasteiger partial charge on any atom is -0.488 e. The van der Waals surface area contributed by atoms with Crippen molar-refractivity contribution in [3.8, 4) is 5.75 Å². The van der Waals surface area contributed by atoms with Crippen LogP contribution in [0, 0.1) is 5.82 Å². The summed E-state index contributed by atoms with van der Waals surface area (Å²) >= 11 is 7.89. The Kier molecular flexibility index (Phi) is 7.85. The van der Waals surface area contributed by atoms with Crippen LogP contribution in [0.1, 0.15) is 40.2 Å². The number of ether oxygens (including phenoxy) is 1. The minimum absolute atomic E-state index is 0.0619. The summed E-state index contributed by atoms with van der Waals surface area (Å²) in [5, 5.41) is 2.36. The maximum Gasteiger partial charge on any atom is 0.255 e. The second kappa shape index (κ2) is 11.0. The third-order valence-corrected chi connectivity index (χ3v) is 7.19. The lowest BCUT2D eigenvalue weighted by molar-refractivity contribution is -0.135. The zero-order valence-electron chi connectivity index (χ0n) is 18.9. The van der Waals surface area contributed by atoms with E-state index in [9.17, 15) is 14.0 Å². The SMILES string of the molecule is CCCN(CC(=O)N1CCc2sccc2[C@H]1COc1ccccc1F)C(=O)c1ccccc1Cl. The normalized spacial score (nSPS) is 15.0. The zero-order chi connectivity index (χ0) is 24.1. The van der Waals surface area contributed by atoms with E-state index >= 15 is 0 Å². The van der Waals surface area contributed by atoms with E-state index in [0.29, 0.717) is 30.1 Å². The highest BCUT2D eigenvalue weighted by molar-refractivity contribution is 7.10. The Hall–Kier alpha value is -2.90. The van der Waals surface area contributed by atoms with Crippen molar-refractivity contribution < 1.29 is 18.7 Å². The van der Waals surface area contributed by atoms with Gasteiger partial charge < -0.3 is 14.5 Å². The molecule has 1 atom stereocenters. The molecule has 1 aromatic heterocycles. The van der Waals surface area contributed by atoms with Crippen molar-refractivity contribution >= 4 is 34.8 Å². The summed E-state index contributed by atoms with van der Waals surface area (Å²) in [5.41, 5.74) is 1.39. The van der Waals surface area contributed by atoms with Gasteiger partial charge in [-0.05, 0) is 54.1 Å². The third kappa shape index (κ3) is 5.26. The van der Waals surface area contributed by atoms with Gasteiger partial charge in [0, 0.05) is 18.0 Å². The molecule has 2 amide bonds. The van der Waals surface area contributed by atoms with Crippen molar-refractivity contribution in [2.45, 2.75) is 25.8 Å². The molecule has 0 spiro atoms. The van der Waals surface area contributed by atoms with Gasteiger partial charge in [-0.2, -0.15) is 0 Å². The lowest BCUT2D eigenvalue weighted by Crippen LogP contribution is -2.48. The van der Waals surface area contributed by atoms with Crippen molar-refractivity contribution in [3.63, 3.8) is 0 Å². The Labute approximate surface area is 207 Å². The molecule has 2 aromatic carbocycles. The summed E-state index contributed by atoms with van der Waals surface area (Å²) in [6.45, 7) is 2.97. The van der Waals surface area contributed by atoms with Gasteiger partial charge in [-0.15, -0.1) is 11.3 Å². The molecule has 2 heterocycles. The smallest absolute Gasteiger partial charge is 0.255 e. The predicted octanol–water partition coefficient (Wildman–Crippen LogP) is 5.60. The first-order valence-electron chi connectivity index (χ1n) is 11.3. The second-order valence-electron chi connectivity index (χ2n) is 8.10. The number of benzene rings is 2. The highest BCUT2D eigenvalue weighted by atomic mass is 35.5. The molecule has 0 aliphatic carbocycles. The van der Waals surface area contributed by atoms with Gasteiger partial charge in [-0.3, -0.25) is 9.59 Å². The van der Waals surface area contributed by atoms with Crippen molar-refractivity contribution in [1.82, 2.24) is 9.80 Å². The van der Waals surface area contributed by atoms with E-state index in [1.54, 1.807) is 63.6 Å². The molecular weight excluding hydrogens is 475 g/mol. The van der Waals surface area contributed by atoms with Gasteiger partial charge in [0.25, 0.3) is 5.91 Å². The highest BCUT2D eigenvalue weighted by Gasteiger charge is 2.34. The minimum atomic E-state index is -0.443. The molecule has 4 rings (SSSR count). The summed E-state index contributed by atoms with van der Waals surface area (Å²) in [6, 6.07) is 14.7. The zero-order valence-corrected chi connectivity index (χ0v) is 20.4. The molecule has 0 radical (unpaired) electrons. The van der Waals surface area contributed by atoms with E-state index in [1.165, 1.54) is 10.9 Å². The summed E-state index contributed by atoms with van der Waals surface area (Å²) in [4.78, 5) is 31.2. The number of nitrogens with zero attached hydrogens (tertiary/aromatic N) is 2. The number of para-hydroxylation sites is 1. The van der Waals surface area contributed by atoms with E-state index in [1.807, 2.05) is 18.4 Å². The van der Waals surface area contributed by atoms with Crippen LogP contribution < -0.4 is 4.74 Å². The van der Waals surface area contributed by atoms with Gasteiger partial charge in [0.2, 0.25) is 5.91 Å². The summed E-state index contributed by atoms with van der Waals surface area (Å²) < 4.78 is 19.9. The summed E-state index contributed by atoms with van der Waals surface area (Å²) in [7, 11) is 0. The molecular formula is C26H26ClFN2O3S. The average molecular weight is 501 g/mol. The summed E-state index contributed by atoms with van der Waals surface area (Å²) in [5.74, 6) is -0.735. The highest BCUT2D eigenvalue weighted by Crippen LogP contribution is 2.34. The van der Waals surface area contributed by atoms with Gasteiger partial charge in [0.1, 0.15) is 13.2 Å². The first kappa shape index (κ1) is 24.2. The fourth-order valence-corrected chi connectivity index (χ4v) is 5.33. The monoisotopic (exact) mass is 500 g/mol. The van der Waals surface area contributed by atoms with Crippen LogP contribution in [0.5, 0.6) is 5.75 Å². The van der Waals surface area contributed by atoms with Gasteiger partial charge in [0.15, 0.2) is 11.6 Å². The molecule has 0 bridgehead atoms. The van der Waals surface area contributed by atoms with Crippen LogP contribution >= 0.6 is 22.9 Å². The molecule has 178 valence electrons. The molecule has 1 aliphatic rings. The lowest BCUT2D eigenvalue weighted by Gasteiger charge is -2.37. The van der Waals surface area contributed by atoms with Crippen molar-refractivity contribution in [1.29, 1.82) is 0 Å². The summed E-state index contributed by atoms with van der Waals surface area (Å²) in [6.07, 6.45) is 1.44. The number of fused-ring (bicyclic) bond motifs is 1. The number of carbonyl (C=O) groups excluding carboxylic acids is 2. The van der Waals surface area contributed by atoms with Crippen LogP contribution in [-0.2, 0) is 11.2 Å².